The van der Waals surface area contributed by atoms with Gasteiger partial charge in [-0.2, -0.15) is 70.8 Å². The van der Waals surface area contributed by atoms with Crippen LogP contribution in [0.5, 0.6) is 0 Å². The van der Waals surface area contributed by atoms with Crippen LogP contribution in [-0.2, 0) is 0 Å². The Bertz CT molecular complexity index is 3690. The first-order valence-electron chi connectivity index (χ1n) is 20.2. The summed E-state index contributed by atoms with van der Waals surface area (Å²) in [6.45, 7) is 8.37. The summed E-state index contributed by atoms with van der Waals surface area (Å²) in [6.07, 6.45) is 0. The van der Waals surface area contributed by atoms with E-state index in [1.807, 2.05) is 0 Å². The topological polar surface area (TPSA) is 127 Å². The number of pyridine rings is 4. The van der Waals surface area contributed by atoms with Gasteiger partial charge in [0.15, 0.2) is 46.5 Å². The van der Waals surface area contributed by atoms with Crippen LogP contribution in [0.25, 0.3) is 49.6 Å². The molecular weight excluding hydrogens is 1050 g/mol. The van der Waals surface area contributed by atoms with Gasteiger partial charge in [-0.15, -0.1) is 0 Å². The predicted molar refractivity (Wildman–Crippen MR) is 223 cm³/mol. The second kappa shape index (κ2) is 18.4. The average molecular weight is 1060 g/mol. The number of benzene rings is 3. The molecule has 2 aliphatic rings. The van der Waals surface area contributed by atoms with Crippen molar-refractivity contribution < 1.29 is 79.0 Å². The van der Waals surface area contributed by atoms with Gasteiger partial charge in [0, 0.05) is 39.0 Å². The van der Waals surface area contributed by atoms with E-state index in [0.717, 1.165) is 0 Å². The summed E-state index contributed by atoms with van der Waals surface area (Å²) in [4.78, 5) is 12.6. The molecule has 0 aliphatic heterocycles. The molecule has 374 valence electrons. The van der Waals surface area contributed by atoms with Crippen LogP contribution in [0.15, 0.2) is 48.5 Å². The van der Waals surface area contributed by atoms with E-state index in [1.54, 1.807) is 0 Å². The van der Waals surface area contributed by atoms with Crippen LogP contribution in [-0.4, -0.2) is 19.9 Å². The van der Waals surface area contributed by atoms with Crippen molar-refractivity contribution in [1.82, 2.24) is 19.9 Å². The van der Waals surface area contributed by atoms with Crippen molar-refractivity contribution in [2.24, 2.45) is 0 Å². The van der Waals surface area contributed by atoms with Crippen LogP contribution in [0.1, 0.15) is 66.8 Å². The maximum Gasteiger partial charge on any atom is 0.252 e. The Balaban J connectivity index is 1.71. The van der Waals surface area contributed by atoms with Gasteiger partial charge in [-0.3, -0.25) is 0 Å². The number of halogens is 18. The monoisotopic (exact) mass is 1060 g/mol. The van der Waals surface area contributed by atoms with Crippen molar-refractivity contribution in [3.63, 3.8) is 0 Å². The van der Waals surface area contributed by atoms with Crippen molar-refractivity contribution in [2.75, 3.05) is 0 Å². The molecule has 0 bridgehead atoms. The third-order valence-electron chi connectivity index (χ3n) is 11.7. The number of nitrogens with zero attached hydrogens (tertiary/aromatic N) is 8. The van der Waals surface area contributed by atoms with Gasteiger partial charge in [0.05, 0.1) is 51.6 Å². The molecule has 0 amide bonds. The minimum atomic E-state index is -2.80. The Kier molecular flexibility index (Phi) is 12.3. The Morgan fingerprint density at radius 3 is 0.934 bits per heavy atom. The van der Waals surface area contributed by atoms with Crippen molar-refractivity contribution in [1.29, 1.82) is 15.8 Å². The van der Waals surface area contributed by atoms with Crippen LogP contribution < -0.4 is 0 Å². The molecule has 7 aromatic rings. The summed E-state index contributed by atoms with van der Waals surface area (Å²) in [6, 6.07) is 9.08. The fraction of sp³-hybridized carbons (Fsp3) is 0. The summed E-state index contributed by atoms with van der Waals surface area (Å²) in [5.41, 5.74) is -32.1. The molecule has 76 heavy (non-hydrogen) atoms. The van der Waals surface area contributed by atoms with Gasteiger partial charge in [0.25, 0.3) is 47.6 Å². The summed E-state index contributed by atoms with van der Waals surface area (Å²) < 4.78 is 284. The second-order valence-corrected chi connectivity index (χ2v) is 15.5. The lowest BCUT2D eigenvalue weighted by atomic mass is 9.79. The van der Waals surface area contributed by atoms with E-state index in [-0.39, 0.29) is 0 Å². The molecule has 0 saturated heterocycles. The molecule has 0 atom stereocenters. The average Bonchev–Trinajstić information content (AvgIpc) is 3.92. The Hall–Kier alpha value is -10.1. The van der Waals surface area contributed by atoms with Gasteiger partial charge >= 0.3 is 0 Å². The van der Waals surface area contributed by atoms with Gasteiger partial charge in [0.1, 0.15) is 23.8 Å². The molecule has 0 saturated carbocycles. The van der Waals surface area contributed by atoms with Crippen LogP contribution in [0, 0.1) is 146 Å². The SMILES string of the molecule is [C-]#[N+]C1=C(c2ccc(F)cc2)C(=C(c2c(F)c(F)nc(F)c2F)c2c(F)c(F)nc(F)c2F)c2c(C#N)c3c(c(C#N)c21)C(C#N)=C(c1ccc(F)cc1)C3=C(c1c(F)c(F)nc(F)c1F)c1c(F)c(F)nc(F)c1F. The van der Waals surface area contributed by atoms with Crippen LogP contribution in [0.4, 0.5) is 79.0 Å². The lowest BCUT2D eigenvalue weighted by Gasteiger charge is -2.23. The number of hydrogen-bond donors (Lipinski definition) is 0. The van der Waals surface area contributed by atoms with Crippen LogP contribution >= 0.6 is 0 Å². The van der Waals surface area contributed by atoms with Gasteiger partial charge in [-0.25, -0.2) is 48.7 Å². The maximum absolute atomic E-state index is 16.4. The molecular formula is C50H8F18N8. The number of fused-ring (bicyclic) bond motifs is 2. The molecule has 0 spiro atoms. The normalized spacial score (nSPS) is 12.7. The van der Waals surface area contributed by atoms with Gasteiger partial charge in [-0.05, 0) is 52.1 Å². The highest BCUT2D eigenvalue weighted by molar-refractivity contribution is 6.36. The first kappa shape index (κ1) is 50.8. The number of rotatable bonds is 6. The lowest BCUT2D eigenvalue weighted by Crippen LogP contribution is -2.14. The van der Waals surface area contributed by atoms with E-state index >= 15 is 70.2 Å². The molecule has 0 fully saturated rings. The second-order valence-electron chi connectivity index (χ2n) is 15.5. The molecule has 26 heteroatoms. The van der Waals surface area contributed by atoms with Gasteiger partial charge in [-0.1, -0.05) is 24.3 Å². The summed E-state index contributed by atoms with van der Waals surface area (Å²) >= 11 is 0. The highest BCUT2D eigenvalue weighted by Crippen LogP contribution is 2.61. The first-order chi connectivity index (χ1) is 36.1. The molecule has 3 aromatic carbocycles. The quantitative estimate of drug-likeness (QED) is 0.0922. The Morgan fingerprint density at radius 2 is 0.645 bits per heavy atom. The van der Waals surface area contributed by atoms with Crippen LogP contribution in [0.3, 0.4) is 0 Å². The lowest BCUT2D eigenvalue weighted by molar-refractivity contribution is 0.398. The van der Waals surface area contributed by atoms with E-state index in [9.17, 15) is 24.6 Å². The zero-order valence-electron chi connectivity index (χ0n) is 36.0. The number of nitriles is 3. The highest BCUT2D eigenvalue weighted by atomic mass is 19.2. The number of allylic oxidation sites excluding steroid dienone is 5. The molecule has 0 unspecified atom stereocenters. The van der Waals surface area contributed by atoms with E-state index in [4.69, 9.17) is 6.57 Å². The standard InChI is InChI=1S/C50H8F18N8/c1-72-42-21(14-4-8-16(52)9-5-14)27(29(32-38(57)47(65)75-48(66)39(32)58)33-40(59)49(67)76-50(68)41(33)60)24-19(12-71)23-22(18(11-70)25(24)42)17(10-69)20(13-2-6-15(51)7-3-13)26(23)28(30-34(53)43(61)73-44(62)35(30)54)31-36(55)45(63)74-46(64)37(31)56/h2-9H. The van der Waals surface area contributed by atoms with Crippen molar-refractivity contribution >= 4 is 44.7 Å². The third-order valence-corrected chi connectivity index (χ3v) is 11.7. The minimum Gasteiger partial charge on any atom is -0.237 e. The third kappa shape index (κ3) is 7.32. The predicted octanol–water partition coefficient (Wildman–Crippen LogP) is 12.7. The zero-order valence-corrected chi connectivity index (χ0v) is 36.0. The fourth-order valence-electron chi connectivity index (χ4n) is 8.81. The fourth-order valence-corrected chi connectivity index (χ4v) is 8.81. The summed E-state index contributed by atoms with van der Waals surface area (Å²) in [7, 11) is 0. The largest absolute Gasteiger partial charge is 0.252 e. The molecule has 0 N–H and O–H groups in total. The van der Waals surface area contributed by atoms with E-state index in [1.165, 1.54) is 18.2 Å². The summed E-state index contributed by atoms with van der Waals surface area (Å²) in [5.74, 6) is -46.3. The minimum absolute atomic E-state index is 0.544. The van der Waals surface area contributed by atoms with Crippen molar-refractivity contribution in [3.05, 3.63) is 232 Å². The maximum atomic E-state index is 16.4. The van der Waals surface area contributed by atoms with Gasteiger partial charge < -0.3 is 0 Å². The highest BCUT2D eigenvalue weighted by Gasteiger charge is 2.47. The van der Waals surface area contributed by atoms with E-state index in [0.29, 0.717) is 48.5 Å². The molecule has 2 aliphatic carbocycles. The zero-order chi connectivity index (χ0) is 55.3. The Labute approximate surface area is 409 Å². The summed E-state index contributed by atoms with van der Waals surface area (Å²) in [5, 5.41) is 33.6. The number of hydrogen-bond acceptors (Lipinski definition) is 7. The molecule has 4 heterocycles. The van der Waals surface area contributed by atoms with Crippen molar-refractivity contribution in [3.8, 4) is 18.2 Å². The molecule has 8 nitrogen and oxygen atoms in total. The smallest absolute Gasteiger partial charge is 0.237 e. The molecule has 4 aromatic heterocycles. The van der Waals surface area contributed by atoms with E-state index < -0.39 is 217 Å². The Morgan fingerprint density at radius 1 is 0.368 bits per heavy atom. The van der Waals surface area contributed by atoms with E-state index in [2.05, 4.69) is 24.8 Å². The van der Waals surface area contributed by atoms with Gasteiger partial charge in [0.2, 0.25) is 5.70 Å². The number of aromatic nitrogens is 4. The van der Waals surface area contributed by atoms with Crippen LogP contribution in [0.2, 0.25) is 0 Å². The first-order valence-corrected chi connectivity index (χ1v) is 20.2. The molecule has 0 radical (unpaired) electrons. The van der Waals surface area contributed by atoms with Crippen molar-refractivity contribution in [2.45, 2.75) is 0 Å². The molecule has 9 rings (SSSR count).